The average molecular weight is 369 g/mol. The number of aliphatic hydroxyl groups is 1. The van der Waals surface area contributed by atoms with Crippen LogP contribution in [-0.4, -0.2) is 48.6 Å². The van der Waals surface area contributed by atoms with Gasteiger partial charge >= 0.3 is 0 Å². The predicted molar refractivity (Wildman–Crippen MR) is 98.7 cm³/mol. The number of likely N-dealkylation sites (N-methyl/N-ethyl adjacent to an activating group) is 1. The van der Waals surface area contributed by atoms with E-state index in [-0.39, 0.29) is 12.1 Å². The third-order valence-electron chi connectivity index (χ3n) is 5.07. The van der Waals surface area contributed by atoms with E-state index < -0.39 is 0 Å². The smallest absolute Gasteiger partial charge is 0.106 e. The van der Waals surface area contributed by atoms with Crippen molar-refractivity contribution >= 4 is 35.0 Å². The summed E-state index contributed by atoms with van der Waals surface area (Å²) < 4.78 is 0. The maximum atomic E-state index is 10.5. The van der Waals surface area contributed by atoms with E-state index in [0.29, 0.717) is 16.1 Å². The van der Waals surface area contributed by atoms with Crippen LogP contribution in [0.25, 0.3) is 5.57 Å². The molecule has 24 heavy (non-hydrogen) atoms. The molecule has 0 aromatic heterocycles. The summed E-state index contributed by atoms with van der Waals surface area (Å²) in [5, 5.41) is 15.5. The lowest BCUT2D eigenvalue weighted by Gasteiger charge is -2.36. The molecule has 3 unspecified atom stereocenters. The summed E-state index contributed by atoms with van der Waals surface area (Å²) in [6.45, 7) is 0. The first-order valence-corrected chi connectivity index (χ1v) is 8.90. The van der Waals surface area contributed by atoms with E-state index >= 15 is 0 Å². The number of oxime groups is 1. The minimum Gasteiger partial charge on any atom is -0.399 e. The van der Waals surface area contributed by atoms with E-state index in [9.17, 15) is 5.11 Å². The summed E-state index contributed by atoms with van der Waals surface area (Å²) >= 11 is 12.3. The Bertz CT molecular complexity index is 675. The topological polar surface area (TPSA) is 45.1 Å². The van der Waals surface area contributed by atoms with Crippen molar-refractivity contribution in [3.05, 3.63) is 39.4 Å². The van der Waals surface area contributed by atoms with Crippen LogP contribution < -0.4 is 0 Å². The van der Waals surface area contributed by atoms with Crippen LogP contribution in [0.2, 0.25) is 10.0 Å². The van der Waals surface area contributed by atoms with Crippen molar-refractivity contribution in [3.8, 4) is 0 Å². The van der Waals surface area contributed by atoms with E-state index in [0.717, 1.165) is 31.2 Å². The molecule has 3 rings (SSSR count). The largest absolute Gasteiger partial charge is 0.399 e. The second-order valence-electron chi connectivity index (χ2n) is 6.41. The Morgan fingerprint density at radius 3 is 2.88 bits per heavy atom. The van der Waals surface area contributed by atoms with Crippen molar-refractivity contribution < 1.29 is 9.94 Å². The lowest BCUT2D eigenvalue weighted by atomic mass is 9.86. The Hall–Kier alpha value is -1.07. The monoisotopic (exact) mass is 368 g/mol. The zero-order chi connectivity index (χ0) is 17.3. The van der Waals surface area contributed by atoms with Gasteiger partial charge in [0.15, 0.2) is 0 Å². The molecular formula is C18H22Cl2N2O2. The molecule has 1 N–H and O–H groups in total. The van der Waals surface area contributed by atoms with Crippen molar-refractivity contribution in [1.29, 1.82) is 0 Å². The van der Waals surface area contributed by atoms with Gasteiger partial charge in [-0.3, -0.25) is 4.90 Å². The lowest BCUT2D eigenvalue weighted by Crippen LogP contribution is -2.40. The molecule has 1 fully saturated rings. The van der Waals surface area contributed by atoms with Crippen LogP contribution in [0.15, 0.2) is 28.9 Å². The molecular weight excluding hydrogens is 347 g/mol. The van der Waals surface area contributed by atoms with Gasteiger partial charge in [0.25, 0.3) is 0 Å². The highest BCUT2D eigenvalue weighted by atomic mass is 35.5. The van der Waals surface area contributed by atoms with Gasteiger partial charge in [0.2, 0.25) is 0 Å². The number of benzene rings is 1. The van der Waals surface area contributed by atoms with Crippen molar-refractivity contribution in [2.75, 3.05) is 14.2 Å². The molecule has 0 saturated carbocycles. The van der Waals surface area contributed by atoms with Crippen molar-refractivity contribution in [1.82, 2.24) is 4.90 Å². The molecule has 2 bridgehead atoms. The first-order valence-electron chi connectivity index (χ1n) is 8.15. The Labute approximate surface area is 152 Å². The maximum absolute atomic E-state index is 10.5. The summed E-state index contributed by atoms with van der Waals surface area (Å²) in [5.41, 5.74) is 3.64. The molecule has 1 saturated heterocycles. The van der Waals surface area contributed by atoms with Gasteiger partial charge in [-0.05, 0) is 61.6 Å². The van der Waals surface area contributed by atoms with Gasteiger partial charge in [0, 0.05) is 12.3 Å². The number of hydrogen-bond acceptors (Lipinski definition) is 4. The van der Waals surface area contributed by atoms with Crippen LogP contribution >= 0.6 is 23.2 Å². The Balaban J connectivity index is 1.98. The third-order valence-corrected chi connectivity index (χ3v) is 5.81. The number of rotatable bonds is 5. The highest BCUT2D eigenvalue weighted by Gasteiger charge is 2.44. The standard InChI is InChI=1S/C18H22Cl2N2O2/c1-22-12-9-14(11-5-6-15(19)16(20)8-11)13(4-3-7-21-24-2)18(22)17(23)10-12/h5-8,12,17-18,23H,3-4,9-10H2,1-2H3. The Kier molecular flexibility index (Phi) is 5.50. The predicted octanol–water partition coefficient (Wildman–Crippen LogP) is 4.00. The van der Waals surface area contributed by atoms with Crippen molar-refractivity contribution in [2.45, 2.75) is 43.9 Å². The molecule has 4 nitrogen and oxygen atoms in total. The first-order chi connectivity index (χ1) is 11.5. The van der Waals surface area contributed by atoms with Crippen LogP contribution in [0.3, 0.4) is 0 Å². The van der Waals surface area contributed by atoms with Crippen LogP contribution in [0.5, 0.6) is 0 Å². The molecule has 0 amide bonds. The summed E-state index contributed by atoms with van der Waals surface area (Å²) in [6, 6.07) is 6.21. The van der Waals surface area contributed by atoms with Crippen LogP contribution in [0, 0.1) is 0 Å². The molecule has 130 valence electrons. The molecule has 0 radical (unpaired) electrons. The van der Waals surface area contributed by atoms with Crippen molar-refractivity contribution in [3.63, 3.8) is 0 Å². The number of halogens is 2. The van der Waals surface area contributed by atoms with Crippen molar-refractivity contribution in [2.24, 2.45) is 5.16 Å². The zero-order valence-corrected chi connectivity index (χ0v) is 15.4. The van der Waals surface area contributed by atoms with Gasteiger partial charge < -0.3 is 9.94 Å². The summed E-state index contributed by atoms with van der Waals surface area (Å²) in [6.07, 6.45) is 4.78. The van der Waals surface area contributed by atoms with Crippen LogP contribution in [-0.2, 0) is 4.84 Å². The van der Waals surface area contributed by atoms with Gasteiger partial charge in [-0.1, -0.05) is 34.4 Å². The number of hydrogen-bond donors (Lipinski definition) is 1. The molecule has 2 heterocycles. The summed E-state index contributed by atoms with van der Waals surface area (Å²) in [4.78, 5) is 7.04. The molecule has 1 aromatic rings. The third kappa shape index (κ3) is 3.33. The molecule has 2 aliphatic heterocycles. The number of nitrogens with zero attached hydrogens (tertiary/aromatic N) is 2. The summed E-state index contributed by atoms with van der Waals surface area (Å²) in [5.74, 6) is 0. The van der Waals surface area contributed by atoms with Gasteiger partial charge in [-0.2, -0.15) is 0 Å². The second kappa shape index (κ2) is 7.44. The van der Waals surface area contributed by atoms with E-state index in [2.05, 4.69) is 17.1 Å². The molecule has 0 aliphatic carbocycles. The minimum absolute atomic E-state index is 0.0594. The molecule has 6 heteroatoms. The van der Waals surface area contributed by atoms with Crippen LogP contribution in [0.1, 0.15) is 31.2 Å². The van der Waals surface area contributed by atoms with E-state index in [1.807, 2.05) is 18.2 Å². The van der Waals surface area contributed by atoms with E-state index in [1.165, 1.54) is 18.3 Å². The van der Waals surface area contributed by atoms with Crippen LogP contribution in [0.4, 0.5) is 0 Å². The van der Waals surface area contributed by atoms with Gasteiger partial charge in [0.1, 0.15) is 7.11 Å². The van der Waals surface area contributed by atoms with Gasteiger partial charge in [-0.15, -0.1) is 0 Å². The fraction of sp³-hybridized carbons (Fsp3) is 0.500. The molecule has 3 atom stereocenters. The van der Waals surface area contributed by atoms with E-state index in [1.54, 1.807) is 6.21 Å². The normalized spacial score (nSPS) is 27.3. The average Bonchev–Trinajstić information content (AvgIpc) is 2.74. The molecule has 1 aromatic carbocycles. The fourth-order valence-corrected chi connectivity index (χ4v) is 4.25. The molecule has 0 spiro atoms. The van der Waals surface area contributed by atoms with E-state index in [4.69, 9.17) is 28.0 Å². The first kappa shape index (κ1) is 17.7. The maximum Gasteiger partial charge on any atom is 0.106 e. The number of fused-ring (bicyclic) bond motifs is 2. The summed E-state index contributed by atoms with van der Waals surface area (Å²) in [7, 11) is 3.64. The number of aliphatic hydroxyl groups excluding tert-OH is 1. The minimum atomic E-state index is -0.324. The fourth-order valence-electron chi connectivity index (χ4n) is 3.96. The SMILES string of the molecule is CON=CCCC1=C(c2ccc(Cl)c(Cl)c2)CC2CC(O)C1N2C. The Morgan fingerprint density at radius 1 is 1.38 bits per heavy atom. The second-order valence-corrected chi connectivity index (χ2v) is 7.23. The Morgan fingerprint density at radius 2 is 2.17 bits per heavy atom. The van der Waals surface area contributed by atoms with Gasteiger partial charge in [-0.25, -0.2) is 0 Å². The quantitative estimate of drug-likeness (QED) is 0.630. The highest BCUT2D eigenvalue weighted by Crippen LogP contribution is 2.44. The lowest BCUT2D eigenvalue weighted by molar-refractivity contribution is 0.139. The van der Waals surface area contributed by atoms with Gasteiger partial charge in [0.05, 0.1) is 22.2 Å². The highest BCUT2D eigenvalue weighted by molar-refractivity contribution is 6.42. The molecule has 2 aliphatic rings. The zero-order valence-electron chi connectivity index (χ0n) is 13.9.